The maximum absolute atomic E-state index is 8.81. The van der Waals surface area contributed by atoms with Gasteiger partial charge in [0.2, 0.25) is 0 Å². The molecule has 0 saturated carbocycles. The normalized spacial score (nSPS) is 9.79. The van der Waals surface area contributed by atoms with Crippen LogP contribution in [0.2, 0.25) is 5.02 Å². The first kappa shape index (κ1) is 13.3. The lowest BCUT2D eigenvalue weighted by Crippen LogP contribution is -1.96. The van der Waals surface area contributed by atoms with Crippen molar-refractivity contribution in [2.75, 3.05) is 12.4 Å². The van der Waals surface area contributed by atoms with Crippen LogP contribution in [0.25, 0.3) is 0 Å². The van der Waals surface area contributed by atoms with Gasteiger partial charge >= 0.3 is 0 Å². The monoisotopic (exact) mass is 272 g/mol. The number of benzene rings is 2. The van der Waals surface area contributed by atoms with Crippen LogP contribution in [-0.2, 0) is 0 Å². The molecule has 0 spiro atoms. The van der Waals surface area contributed by atoms with Gasteiger partial charge in [0, 0.05) is 0 Å². The summed E-state index contributed by atoms with van der Waals surface area (Å²) in [6.07, 6.45) is 0. The third-order valence-electron chi connectivity index (χ3n) is 2.72. The van der Waals surface area contributed by atoms with Gasteiger partial charge in [0.25, 0.3) is 0 Å². The zero-order valence-electron chi connectivity index (χ0n) is 10.7. The van der Waals surface area contributed by atoms with Crippen molar-refractivity contribution in [3.8, 4) is 11.8 Å². The van der Waals surface area contributed by atoms with Crippen LogP contribution < -0.4 is 10.1 Å². The number of ether oxygens (including phenoxy) is 1. The minimum Gasteiger partial charge on any atom is -0.495 e. The van der Waals surface area contributed by atoms with Gasteiger partial charge < -0.3 is 10.1 Å². The molecule has 96 valence electrons. The van der Waals surface area contributed by atoms with Gasteiger partial charge in [0.1, 0.15) is 5.75 Å². The summed E-state index contributed by atoms with van der Waals surface area (Å²) >= 11 is 6.14. The molecule has 0 radical (unpaired) electrons. The lowest BCUT2D eigenvalue weighted by Gasteiger charge is -2.13. The van der Waals surface area contributed by atoms with E-state index in [2.05, 4.69) is 11.4 Å². The maximum Gasteiger partial charge on any atom is 0.142 e. The molecule has 19 heavy (non-hydrogen) atoms. The number of rotatable bonds is 3. The fourth-order valence-electron chi connectivity index (χ4n) is 1.75. The van der Waals surface area contributed by atoms with Gasteiger partial charge in [-0.1, -0.05) is 17.7 Å². The van der Waals surface area contributed by atoms with E-state index in [9.17, 15) is 0 Å². The highest BCUT2D eigenvalue weighted by Gasteiger charge is 2.07. The zero-order valence-corrected chi connectivity index (χ0v) is 11.5. The molecule has 2 rings (SSSR count). The minimum atomic E-state index is 0.502. The second-order valence-electron chi connectivity index (χ2n) is 4.14. The predicted octanol–water partition coefficient (Wildman–Crippen LogP) is 4.27. The molecule has 3 nitrogen and oxygen atoms in total. The predicted molar refractivity (Wildman–Crippen MR) is 77.2 cm³/mol. The number of hydrogen-bond acceptors (Lipinski definition) is 3. The average molecular weight is 273 g/mol. The highest BCUT2D eigenvalue weighted by Crippen LogP contribution is 2.32. The molecule has 0 aliphatic heterocycles. The van der Waals surface area contributed by atoms with Crippen molar-refractivity contribution in [3.63, 3.8) is 0 Å². The van der Waals surface area contributed by atoms with Crippen molar-refractivity contribution < 1.29 is 4.74 Å². The summed E-state index contributed by atoms with van der Waals surface area (Å²) in [7, 11) is 1.62. The Morgan fingerprint density at radius 1 is 1.16 bits per heavy atom. The van der Waals surface area contributed by atoms with E-state index in [0.29, 0.717) is 10.6 Å². The van der Waals surface area contributed by atoms with E-state index >= 15 is 0 Å². The highest BCUT2D eigenvalue weighted by molar-refractivity contribution is 6.33. The maximum atomic E-state index is 8.81. The van der Waals surface area contributed by atoms with Crippen molar-refractivity contribution in [1.29, 1.82) is 5.26 Å². The number of nitriles is 1. The van der Waals surface area contributed by atoms with E-state index in [1.54, 1.807) is 25.3 Å². The Balaban J connectivity index is 2.36. The summed E-state index contributed by atoms with van der Waals surface area (Å²) in [5.41, 5.74) is 3.23. The fourth-order valence-corrected chi connectivity index (χ4v) is 1.98. The van der Waals surface area contributed by atoms with Gasteiger partial charge in [-0.05, 0) is 42.8 Å². The SMILES string of the molecule is COc1ccc(C)cc1Nc1ccc(C#N)cc1Cl. The van der Waals surface area contributed by atoms with Gasteiger partial charge in [0.15, 0.2) is 0 Å². The lowest BCUT2D eigenvalue weighted by molar-refractivity contribution is 0.416. The molecule has 0 aromatic heterocycles. The summed E-state index contributed by atoms with van der Waals surface area (Å²) in [6, 6.07) is 13.0. The Bertz CT molecular complexity index is 647. The molecule has 1 N–H and O–H groups in total. The van der Waals surface area contributed by atoms with E-state index in [-0.39, 0.29) is 0 Å². The van der Waals surface area contributed by atoms with Gasteiger partial charge in [-0.25, -0.2) is 0 Å². The molecule has 0 unspecified atom stereocenters. The second kappa shape index (κ2) is 5.64. The van der Waals surface area contributed by atoms with Crippen LogP contribution in [0.4, 0.5) is 11.4 Å². The van der Waals surface area contributed by atoms with Gasteiger partial charge in [-0.15, -0.1) is 0 Å². The fraction of sp³-hybridized carbons (Fsp3) is 0.133. The topological polar surface area (TPSA) is 45.0 Å². The van der Waals surface area contributed by atoms with E-state index in [0.717, 1.165) is 22.7 Å². The Labute approximate surface area is 117 Å². The Kier molecular flexibility index (Phi) is 3.94. The zero-order chi connectivity index (χ0) is 13.8. The number of methoxy groups -OCH3 is 1. The summed E-state index contributed by atoms with van der Waals surface area (Å²) in [6.45, 7) is 2.00. The average Bonchev–Trinajstić information content (AvgIpc) is 2.41. The summed E-state index contributed by atoms with van der Waals surface area (Å²) in [5, 5.41) is 12.5. The molecule has 4 heteroatoms. The smallest absolute Gasteiger partial charge is 0.142 e. The van der Waals surface area contributed by atoms with E-state index in [4.69, 9.17) is 21.6 Å². The third kappa shape index (κ3) is 2.98. The highest BCUT2D eigenvalue weighted by atomic mass is 35.5. The van der Waals surface area contributed by atoms with E-state index < -0.39 is 0 Å². The number of aryl methyl sites for hydroxylation is 1. The Morgan fingerprint density at radius 2 is 1.95 bits per heavy atom. The number of nitrogens with one attached hydrogen (secondary N) is 1. The Hall–Kier alpha value is -2.18. The number of halogens is 1. The standard InChI is InChI=1S/C15H13ClN2O/c1-10-3-6-15(19-2)14(7-10)18-13-5-4-11(9-17)8-12(13)16/h3-8,18H,1-2H3. The quantitative estimate of drug-likeness (QED) is 0.907. The van der Waals surface area contributed by atoms with Crippen LogP contribution in [-0.4, -0.2) is 7.11 Å². The van der Waals surface area contributed by atoms with Crippen molar-refractivity contribution in [1.82, 2.24) is 0 Å². The lowest BCUT2D eigenvalue weighted by atomic mass is 10.2. The van der Waals surface area contributed by atoms with Crippen LogP contribution in [0.3, 0.4) is 0 Å². The molecule has 0 fully saturated rings. The molecule has 0 amide bonds. The van der Waals surface area contributed by atoms with Crippen molar-refractivity contribution in [2.24, 2.45) is 0 Å². The summed E-state index contributed by atoms with van der Waals surface area (Å²) in [4.78, 5) is 0. The summed E-state index contributed by atoms with van der Waals surface area (Å²) < 4.78 is 5.30. The minimum absolute atomic E-state index is 0.502. The van der Waals surface area contributed by atoms with Crippen LogP contribution in [0.5, 0.6) is 5.75 Å². The first-order chi connectivity index (χ1) is 9.13. The molecular weight excluding hydrogens is 260 g/mol. The molecule has 0 heterocycles. The first-order valence-electron chi connectivity index (χ1n) is 5.75. The second-order valence-corrected chi connectivity index (χ2v) is 4.54. The number of nitrogens with zero attached hydrogens (tertiary/aromatic N) is 1. The molecule has 0 bridgehead atoms. The van der Waals surface area contributed by atoms with Crippen molar-refractivity contribution >= 4 is 23.0 Å². The molecule has 0 saturated heterocycles. The van der Waals surface area contributed by atoms with E-state index in [1.807, 2.05) is 25.1 Å². The summed E-state index contributed by atoms with van der Waals surface area (Å²) in [5.74, 6) is 0.742. The van der Waals surface area contributed by atoms with Crippen molar-refractivity contribution in [2.45, 2.75) is 6.92 Å². The van der Waals surface area contributed by atoms with Crippen LogP contribution in [0.15, 0.2) is 36.4 Å². The molecule has 0 aliphatic carbocycles. The number of hydrogen-bond donors (Lipinski definition) is 1. The molecule has 2 aromatic carbocycles. The van der Waals surface area contributed by atoms with Crippen molar-refractivity contribution in [3.05, 3.63) is 52.5 Å². The third-order valence-corrected chi connectivity index (χ3v) is 3.04. The van der Waals surface area contributed by atoms with Crippen LogP contribution in [0, 0.1) is 18.3 Å². The van der Waals surface area contributed by atoms with Crippen LogP contribution in [0.1, 0.15) is 11.1 Å². The van der Waals surface area contributed by atoms with E-state index in [1.165, 1.54) is 0 Å². The van der Waals surface area contributed by atoms with Gasteiger partial charge in [-0.2, -0.15) is 5.26 Å². The molecule has 0 aliphatic rings. The van der Waals surface area contributed by atoms with Gasteiger partial charge in [-0.3, -0.25) is 0 Å². The first-order valence-corrected chi connectivity index (χ1v) is 6.13. The molecule has 2 aromatic rings. The molecule has 0 atom stereocenters. The van der Waals surface area contributed by atoms with Gasteiger partial charge in [0.05, 0.1) is 35.1 Å². The number of anilines is 2. The largest absolute Gasteiger partial charge is 0.495 e. The Morgan fingerprint density at radius 3 is 2.58 bits per heavy atom. The molecular formula is C15H13ClN2O. The van der Waals surface area contributed by atoms with Crippen LogP contribution >= 0.6 is 11.6 Å².